The number of ether oxygens (including phenoxy) is 2. The van der Waals surface area contributed by atoms with Crippen molar-refractivity contribution in [2.75, 3.05) is 11.5 Å². The summed E-state index contributed by atoms with van der Waals surface area (Å²) in [7, 11) is 0. The maximum Gasteiger partial charge on any atom is 0.339 e. The van der Waals surface area contributed by atoms with Gasteiger partial charge in [0, 0.05) is 11.1 Å². The summed E-state index contributed by atoms with van der Waals surface area (Å²) in [5.74, 6) is -0.835. The normalized spacial score (nSPS) is 26.0. The Morgan fingerprint density at radius 2 is 2.06 bits per heavy atom. The summed E-state index contributed by atoms with van der Waals surface area (Å²) in [6, 6.07) is 6.07. The van der Waals surface area contributed by atoms with E-state index in [1.807, 2.05) is 32.9 Å². The second-order valence-electron chi connectivity index (χ2n) is 9.11. The third-order valence-electron chi connectivity index (χ3n) is 6.68. The van der Waals surface area contributed by atoms with Crippen LogP contribution in [0.3, 0.4) is 0 Å². The number of rotatable bonds is 2. The van der Waals surface area contributed by atoms with Gasteiger partial charge in [-0.3, -0.25) is 4.79 Å². The third-order valence-corrected chi connectivity index (χ3v) is 6.68. The molecule has 0 bridgehead atoms. The average Bonchev–Trinajstić information content (AvgIpc) is 2.92. The molecular weight excluding hydrogens is 394 g/mol. The summed E-state index contributed by atoms with van der Waals surface area (Å²) in [5.41, 5.74) is 7.12. The number of nitrogens with zero attached hydrogens (tertiary/aromatic N) is 2. The van der Waals surface area contributed by atoms with Crippen molar-refractivity contribution in [3.05, 3.63) is 51.6 Å². The van der Waals surface area contributed by atoms with Crippen molar-refractivity contribution in [1.29, 1.82) is 5.26 Å². The molecule has 0 saturated carbocycles. The molecule has 0 aromatic heterocycles. The van der Waals surface area contributed by atoms with Gasteiger partial charge in [-0.25, -0.2) is 4.79 Å². The summed E-state index contributed by atoms with van der Waals surface area (Å²) >= 11 is 0. The van der Waals surface area contributed by atoms with E-state index in [2.05, 4.69) is 13.0 Å². The molecule has 0 radical (unpaired) electrons. The van der Waals surface area contributed by atoms with Crippen molar-refractivity contribution in [1.82, 2.24) is 0 Å². The number of esters is 1. The van der Waals surface area contributed by atoms with E-state index in [0.29, 0.717) is 5.56 Å². The van der Waals surface area contributed by atoms with E-state index in [-0.39, 0.29) is 41.2 Å². The number of fused-ring (bicyclic) bond motifs is 1. The first-order valence-electron chi connectivity index (χ1n) is 10.5. The minimum absolute atomic E-state index is 0.0273. The second-order valence-corrected chi connectivity index (χ2v) is 9.11. The molecule has 1 aromatic carbocycles. The molecule has 2 N–H and O–H groups in total. The summed E-state index contributed by atoms with van der Waals surface area (Å²) in [6.45, 7) is 11.4. The van der Waals surface area contributed by atoms with Gasteiger partial charge < -0.3 is 20.1 Å². The SMILES string of the molecule is CCOC(=O)C1=C(C)OC(N)=C(C#N)[C@]12C(=O)N1c3c(ccc(C)c32)[C@@H](C)CC1(C)C. The molecule has 0 unspecified atom stereocenters. The Kier molecular flexibility index (Phi) is 4.48. The van der Waals surface area contributed by atoms with Gasteiger partial charge in [-0.15, -0.1) is 0 Å². The molecule has 7 nitrogen and oxygen atoms in total. The Morgan fingerprint density at radius 3 is 2.68 bits per heavy atom. The molecule has 31 heavy (non-hydrogen) atoms. The summed E-state index contributed by atoms with van der Waals surface area (Å²) in [4.78, 5) is 29.4. The molecule has 0 aliphatic carbocycles. The molecule has 7 heteroatoms. The van der Waals surface area contributed by atoms with Crippen LogP contribution in [0.4, 0.5) is 5.69 Å². The van der Waals surface area contributed by atoms with Crippen molar-refractivity contribution < 1.29 is 19.1 Å². The van der Waals surface area contributed by atoms with Gasteiger partial charge in [-0.2, -0.15) is 5.26 Å². The summed E-state index contributed by atoms with van der Waals surface area (Å²) in [6.07, 6.45) is 0.749. The number of amides is 1. The lowest BCUT2D eigenvalue weighted by Crippen LogP contribution is -2.55. The minimum atomic E-state index is -1.69. The highest BCUT2D eigenvalue weighted by atomic mass is 16.5. The standard InChI is InChI=1S/C24H27N3O4/c1-7-30-21(28)18-14(4)31-20(26)16(11-25)24(18)17-12(2)8-9-15-13(3)10-23(5,6)27(19(15)17)22(24)29/h8-9,13H,7,10,26H2,1-6H3/t13-,24+/m0/s1. The third kappa shape index (κ3) is 2.45. The average molecular weight is 421 g/mol. The maximum atomic E-state index is 14.4. The zero-order valence-electron chi connectivity index (χ0n) is 18.8. The highest BCUT2D eigenvalue weighted by Crippen LogP contribution is 2.60. The van der Waals surface area contributed by atoms with Crippen LogP contribution in [-0.4, -0.2) is 24.0 Å². The van der Waals surface area contributed by atoms with Crippen LogP contribution in [0.1, 0.15) is 63.6 Å². The Labute approximate surface area is 182 Å². The van der Waals surface area contributed by atoms with E-state index in [0.717, 1.165) is 23.2 Å². The van der Waals surface area contributed by atoms with Crippen molar-refractivity contribution in [2.45, 2.75) is 64.8 Å². The predicted molar refractivity (Wildman–Crippen MR) is 115 cm³/mol. The van der Waals surface area contributed by atoms with E-state index in [4.69, 9.17) is 15.2 Å². The topological polar surface area (TPSA) is 106 Å². The molecule has 1 spiro atoms. The number of carbonyl (C=O) groups is 2. The van der Waals surface area contributed by atoms with Crippen LogP contribution in [0.25, 0.3) is 0 Å². The van der Waals surface area contributed by atoms with Crippen molar-refractivity contribution >= 4 is 17.6 Å². The molecular formula is C24H27N3O4. The van der Waals surface area contributed by atoms with Gasteiger partial charge in [0.25, 0.3) is 0 Å². The van der Waals surface area contributed by atoms with Crippen LogP contribution in [0.5, 0.6) is 0 Å². The van der Waals surface area contributed by atoms with Gasteiger partial charge in [0.2, 0.25) is 11.8 Å². The highest BCUT2D eigenvalue weighted by molar-refractivity contribution is 6.20. The number of allylic oxidation sites excluding steroid dienone is 1. The van der Waals surface area contributed by atoms with Gasteiger partial charge in [0.1, 0.15) is 23.0 Å². The molecule has 3 aliphatic rings. The van der Waals surface area contributed by atoms with E-state index in [9.17, 15) is 14.9 Å². The molecule has 3 aliphatic heterocycles. The minimum Gasteiger partial charge on any atom is -0.462 e. The van der Waals surface area contributed by atoms with E-state index < -0.39 is 16.9 Å². The summed E-state index contributed by atoms with van der Waals surface area (Å²) in [5, 5.41) is 10.1. The monoisotopic (exact) mass is 421 g/mol. The maximum absolute atomic E-state index is 14.4. The van der Waals surface area contributed by atoms with Gasteiger partial charge in [-0.1, -0.05) is 19.1 Å². The van der Waals surface area contributed by atoms with Crippen LogP contribution in [0.15, 0.2) is 34.9 Å². The first-order chi connectivity index (χ1) is 14.5. The van der Waals surface area contributed by atoms with E-state index >= 15 is 0 Å². The quantitative estimate of drug-likeness (QED) is 0.734. The number of benzene rings is 1. The Hall–Kier alpha value is -3.27. The first kappa shape index (κ1) is 21.0. The lowest BCUT2D eigenvalue weighted by Gasteiger charge is -2.44. The molecule has 0 fully saturated rings. The lowest BCUT2D eigenvalue weighted by atomic mass is 9.66. The van der Waals surface area contributed by atoms with Gasteiger partial charge in [-0.05, 0) is 58.1 Å². The molecule has 3 heterocycles. The molecule has 4 rings (SSSR count). The van der Waals surface area contributed by atoms with Gasteiger partial charge in [0.15, 0.2) is 5.41 Å². The largest absolute Gasteiger partial charge is 0.462 e. The molecule has 2 atom stereocenters. The number of nitrogens with two attached hydrogens (primary N) is 1. The highest BCUT2D eigenvalue weighted by Gasteiger charge is 2.65. The van der Waals surface area contributed by atoms with Crippen LogP contribution >= 0.6 is 0 Å². The predicted octanol–water partition coefficient (Wildman–Crippen LogP) is 3.43. The smallest absolute Gasteiger partial charge is 0.339 e. The number of nitriles is 1. The van der Waals surface area contributed by atoms with Crippen LogP contribution in [0, 0.1) is 18.3 Å². The lowest BCUT2D eigenvalue weighted by molar-refractivity contribution is -0.141. The Bertz CT molecular complexity index is 1140. The van der Waals surface area contributed by atoms with Crippen LogP contribution in [-0.2, 0) is 24.5 Å². The fraction of sp³-hybridized carbons (Fsp3) is 0.458. The summed E-state index contributed by atoms with van der Waals surface area (Å²) < 4.78 is 10.9. The second kappa shape index (κ2) is 6.61. The van der Waals surface area contributed by atoms with Crippen LogP contribution < -0.4 is 10.6 Å². The Balaban J connectivity index is 2.20. The van der Waals surface area contributed by atoms with E-state index in [1.165, 1.54) is 0 Å². The molecule has 1 amide bonds. The zero-order valence-corrected chi connectivity index (χ0v) is 18.8. The van der Waals surface area contributed by atoms with Crippen molar-refractivity contribution in [3.8, 4) is 6.07 Å². The van der Waals surface area contributed by atoms with Gasteiger partial charge >= 0.3 is 5.97 Å². The number of anilines is 1. The Morgan fingerprint density at radius 1 is 1.39 bits per heavy atom. The molecule has 162 valence electrons. The van der Waals surface area contributed by atoms with Crippen molar-refractivity contribution in [3.63, 3.8) is 0 Å². The molecule has 0 saturated heterocycles. The number of hydrogen-bond acceptors (Lipinski definition) is 6. The number of carbonyl (C=O) groups excluding carboxylic acids is 2. The zero-order chi connectivity index (χ0) is 22.9. The van der Waals surface area contributed by atoms with Gasteiger partial charge in [0.05, 0.1) is 12.3 Å². The van der Waals surface area contributed by atoms with Crippen LogP contribution in [0.2, 0.25) is 0 Å². The van der Waals surface area contributed by atoms with Crippen molar-refractivity contribution in [2.24, 2.45) is 5.73 Å². The van der Waals surface area contributed by atoms with E-state index in [1.54, 1.807) is 18.7 Å². The number of aryl methyl sites for hydroxylation is 1. The first-order valence-corrected chi connectivity index (χ1v) is 10.5. The fourth-order valence-corrected chi connectivity index (χ4v) is 5.67. The molecule has 1 aromatic rings. The number of hydrogen-bond donors (Lipinski definition) is 1. The fourth-order valence-electron chi connectivity index (χ4n) is 5.67.